The van der Waals surface area contributed by atoms with Gasteiger partial charge in [-0.05, 0) is 23.6 Å². The van der Waals surface area contributed by atoms with Crippen LogP contribution in [0.3, 0.4) is 0 Å². The van der Waals surface area contributed by atoms with Crippen molar-refractivity contribution in [3.8, 4) is 0 Å². The molecule has 29 heavy (non-hydrogen) atoms. The van der Waals surface area contributed by atoms with Gasteiger partial charge in [-0.1, -0.05) is 64.7 Å². The van der Waals surface area contributed by atoms with Crippen molar-refractivity contribution < 1.29 is 48.8 Å². The SMILES string of the molecule is OP(O)(O)=S.OP(O)(O)=S.[CH2-]CCCCCCCCCCC.[Zn+2].[c-]1ccccc1. The Hall–Kier alpha value is 0.903. The fourth-order valence-corrected chi connectivity index (χ4v) is 1.83. The summed E-state index contributed by atoms with van der Waals surface area (Å²) in [5.41, 5.74) is 0. The van der Waals surface area contributed by atoms with Crippen LogP contribution in [0.25, 0.3) is 0 Å². The Kier molecular flexibility index (Phi) is 34.6. The zero-order valence-corrected chi connectivity index (χ0v) is 23.7. The summed E-state index contributed by atoms with van der Waals surface area (Å²) in [5, 5.41) is 0. The average Bonchev–Trinajstić information content (AvgIpc) is 2.57. The van der Waals surface area contributed by atoms with E-state index in [1.165, 1.54) is 57.8 Å². The van der Waals surface area contributed by atoms with E-state index >= 15 is 0 Å². The molecule has 0 spiro atoms. The number of benzene rings is 1. The van der Waals surface area contributed by atoms with Crippen LogP contribution in [0, 0.1) is 13.0 Å². The zero-order valence-electron chi connectivity index (χ0n) is 17.3. The molecule has 0 aliphatic carbocycles. The van der Waals surface area contributed by atoms with Crippen molar-refractivity contribution >= 4 is 37.1 Å². The topological polar surface area (TPSA) is 121 Å². The quantitative estimate of drug-likeness (QED) is 0.117. The van der Waals surface area contributed by atoms with Gasteiger partial charge in [0.15, 0.2) is 0 Å². The standard InChI is InChI=1S/C12H25.C6H5.2H3O3PS.Zn/c1-3-5-7-9-11-12-10-8-6-4-2;1-2-4-6-5-3-1;2*1-4(2,3)5;/h1,3-12H2,2H3;1-5H;2*(H3,1,2,3,5);/q2*-1;;;+2. The number of hydrogen-bond acceptors (Lipinski definition) is 2. The number of rotatable bonds is 9. The molecule has 6 nitrogen and oxygen atoms in total. The van der Waals surface area contributed by atoms with Gasteiger partial charge in [0.25, 0.3) is 0 Å². The van der Waals surface area contributed by atoms with Gasteiger partial charge in [-0.2, -0.15) is 42.8 Å². The molecule has 1 aromatic rings. The molecule has 1 rings (SSSR count). The maximum absolute atomic E-state index is 7.56. The molecule has 0 aliphatic rings. The first-order chi connectivity index (χ1) is 12.9. The Labute approximate surface area is 199 Å². The Bertz CT molecular complexity index is 427. The van der Waals surface area contributed by atoms with Crippen LogP contribution >= 0.6 is 13.4 Å². The fourth-order valence-electron chi connectivity index (χ4n) is 1.83. The summed E-state index contributed by atoms with van der Waals surface area (Å²) in [6.45, 7) is -1.50. The first-order valence-electron chi connectivity index (χ1n) is 9.18. The summed E-state index contributed by atoms with van der Waals surface area (Å²) in [4.78, 5) is 45.3. The van der Waals surface area contributed by atoms with E-state index in [2.05, 4.69) is 43.5 Å². The molecular formula is C18H36O6P2S2Zn. The monoisotopic (exact) mass is 538 g/mol. The third kappa shape index (κ3) is 82.7. The predicted octanol–water partition coefficient (Wildman–Crippen LogP) is 4.60. The molecular weight excluding hydrogens is 504 g/mol. The molecule has 0 atom stereocenters. The zero-order chi connectivity index (χ0) is 22.3. The summed E-state index contributed by atoms with van der Waals surface area (Å²) >= 11 is 7.21. The molecule has 0 aromatic heterocycles. The normalized spacial score (nSPS) is 10.1. The van der Waals surface area contributed by atoms with Crippen molar-refractivity contribution in [1.29, 1.82) is 0 Å². The molecule has 0 unspecified atom stereocenters. The van der Waals surface area contributed by atoms with E-state index in [9.17, 15) is 0 Å². The molecule has 0 bridgehead atoms. The van der Waals surface area contributed by atoms with Crippen molar-refractivity contribution in [2.24, 2.45) is 0 Å². The van der Waals surface area contributed by atoms with Crippen LogP contribution in [0.2, 0.25) is 0 Å². The van der Waals surface area contributed by atoms with E-state index in [-0.39, 0.29) is 19.5 Å². The molecule has 0 fully saturated rings. The minimum Gasteiger partial charge on any atom is -0.343 e. The van der Waals surface area contributed by atoms with Gasteiger partial charge in [-0.15, -0.1) is 0 Å². The van der Waals surface area contributed by atoms with Crippen LogP contribution in [0.15, 0.2) is 30.3 Å². The third-order valence-corrected chi connectivity index (χ3v) is 2.96. The average molecular weight is 540 g/mol. The first-order valence-corrected chi connectivity index (χ1v) is 14.5. The largest absolute Gasteiger partial charge is 2.00 e. The summed E-state index contributed by atoms with van der Waals surface area (Å²) in [6, 6.07) is 12.5. The van der Waals surface area contributed by atoms with Crippen LogP contribution in [-0.4, -0.2) is 29.4 Å². The van der Waals surface area contributed by atoms with E-state index in [1.807, 2.05) is 30.3 Å². The molecule has 11 heteroatoms. The number of unbranched alkanes of at least 4 members (excludes halogenated alkanes) is 9. The van der Waals surface area contributed by atoms with Crippen molar-refractivity contribution in [2.75, 3.05) is 0 Å². The van der Waals surface area contributed by atoms with Crippen LogP contribution < -0.4 is 0 Å². The second-order valence-corrected chi connectivity index (χ2v) is 10.8. The van der Waals surface area contributed by atoms with E-state index in [4.69, 9.17) is 29.4 Å². The third-order valence-electron chi connectivity index (χ3n) is 2.96. The molecule has 0 saturated carbocycles. The first kappa shape index (κ1) is 37.2. The van der Waals surface area contributed by atoms with Gasteiger partial charge in [0, 0.05) is 0 Å². The van der Waals surface area contributed by atoms with Crippen LogP contribution in [-0.2, 0) is 43.1 Å². The Morgan fingerprint density at radius 2 is 1.00 bits per heavy atom. The maximum Gasteiger partial charge on any atom is 2.00 e. The van der Waals surface area contributed by atoms with Gasteiger partial charge in [0.05, 0.1) is 0 Å². The van der Waals surface area contributed by atoms with Crippen LogP contribution in [0.5, 0.6) is 0 Å². The molecule has 0 heterocycles. The molecule has 0 amide bonds. The predicted molar refractivity (Wildman–Crippen MR) is 124 cm³/mol. The fraction of sp³-hybridized carbons (Fsp3) is 0.611. The van der Waals surface area contributed by atoms with Crippen molar-refractivity contribution in [1.82, 2.24) is 0 Å². The Morgan fingerprint density at radius 3 is 1.21 bits per heavy atom. The molecule has 1 aromatic carbocycles. The van der Waals surface area contributed by atoms with Gasteiger partial charge in [-0.3, -0.25) is 0 Å². The van der Waals surface area contributed by atoms with Crippen molar-refractivity contribution in [3.63, 3.8) is 0 Å². The van der Waals surface area contributed by atoms with Gasteiger partial charge in [0.1, 0.15) is 0 Å². The van der Waals surface area contributed by atoms with E-state index in [1.54, 1.807) is 0 Å². The summed E-state index contributed by atoms with van der Waals surface area (Å²) in [7, 11) is 0. The molecule has 168 valence electrons. The Morgan fingerprint density at radius 1 is 0.690 bits per heavy atom. The smallest absolute Gasteiger partial charge is 0.343 e. The molecule has 0 saturated heterocycles. The second-order valence-electron chi connectivity index (χ2n) is 5.79. The second kappa shape index (κ2) is 26.9. The van der Waals surface area contributed by atoms with Gasteiger partial charge < -0.3 is 36.3 Å². The maximum atomic E-state index is 7.56. The summed E-state index contributed by atoms with van der Waals surface area (Å²) in [6.07, 6.45) is 13.9. The molecule has 0 radical (unpaired) electrons. The molecule has 6 N–H and O–H groups in total. The van der Waals surface area contributed by atoms with Gasteiger partial charge in [-0.25, -0.2) is 0 Å². The van der Waals surface area contributed by atoms with E-state index in [0.717, 1.165) is 6.42 Å². The van der Waals surface area contributed by atoms with Gasteiger partial charge in [0.2, 0.25) is 0 Å². The van der Waals surface area contributed by atoms with E-state index < -0.39 is 13.4 Å². The Balaban J connectivity index is -0.000000155. The molecule has 0 aliphatic heterocycles. The van der Waals surface area contributed by atoms with Crippen molar-refractivity contribution in [2.45, 2.75) is 71.1 Å². The van der Waals surface area contributed by atoms with Gasteiger partial charge >= 0.3 is 32.9 Å². The summed E-state index contributed by atoms with van der Waals surface area (Å²) in [5.74, 6) is 0. The van der Waals surface area contributed by atoms with Crippen LogP contribution in [0.4, 0.5) is 0 Å². The minimum absolute atomic E-state index is 0. The van der Waals surface area contributed by atoms with E-state index in [0.29, 0.717) is 0 Å². The minimum atomic E-state index is -3.81. The summed E-state index contributed by atoms with van der Waals surface area (Å²) < 4.78 is 0. The number of hydrogen-bond donors (Lipinski definition) is 6. The van der Waals surface area contributed by atoms with Crippen LogP contribution in [0.1, 0.15) is 71.1 Å². The van der Waals surface area contributed by atoms with Crippen molar-refractivity contribution in [3.05, 3.63) is 43.3 Å².